The lowest BCUT2D eigenvalue weighted by Gasteiger charge is -2.29. The van der Waals surface area contributed by atoms with Gasteiger partial charge in [0.1, 0.15) is 0 Å². The minimum Gasteiger partial charge on any atom is -0.0622 e. The number of hydrogen-bond acceptors (Lipinski definition) is 0. The second-order valence-electron chi connectivity index (χ2n) is 8.45. The number of benzene rings is 5. The van der Waals surface area contributed by atoms with E-state index in [2.05, 4.69) is 103 Å². The summed E-state index contributed by atoms with van der Waals surface area (Å²) in [5.41, 5.74) is 12.9. The Morgan fingerprint density at radius 3 is 1.97 bits per heavy atom. The fourth-order valence-corrected chi connectivity index (χ4v) is 5.84. The summed E-state index contributed by atoms with van der Waals surface area (Å²) in [6, 6.07) is 38.0. The molecule has 7 rings (SSSR count). The molecule has 0 aromatic heterocycles. The Bertz CT molecular complexity index is 1460. The lowest BCUT2D eigenvalue weighted by molar-refractivity contribution is 0.816. The zero-order valence-corrected chi connectivity index (χ0v) is 16.6. The summed E-state index contributed by atoms with van der Waals surface area (Å²) in [6.07, 6.45) is 1.08. The van der Waals surface area contributed by atoms with Gasteiger partial charge in [0.05, 0.1) is 0 Å². The molecule has 0 bridgehead atoms. The highest BCUT2D eigenvalue weighted by molar-refractivity contribution is 6.15. The predicted octanol–water partition coefficient (Wildman–Crippen LogP) is 7.84. The first-order chi connectivity index (χ1) is 14.9. The second kappa shape index (κ2) is 5.93. The highest BCUT2D eigenvalue weighted by Gasteiger charge is 2.38. The number of hydrogen-bond donors (Lipinski definition) is 0. The average molecular weight is 380 g/mol. The largest absolute Gasteiger partial charge is 0.0622 e. The molecule has 2 aliphatic carbocycles. The predicted molar refractivity (Wildman–Crippen MR) is 126 cm³/mol. The molecule has 0 saturated carbocycles. The molecule has 5 aromatic carbocycles. The van der Waals surface area contributed by atoms with Crippen LogP contribution in [0.4, 0.5) is 0 Å². The maximum atomic E-state index is 2.34. The minimum atomic E-state index is 0.438. The van der Waals surface area contributed by atoms with Crippen molar-refractivity contribution in [2.24, 2.45) is 0 Å². The highest BCUT2D eigenvalue weighted by atomic mass is 14.4. The maximum absolute atomic E-state index is 2.34. The van der Waals surface area contributed by atoms with Crippen LogP contribution in [0, 0.1) is 0 Å². The summed E-state index contributed by atoms with van der Waals surface area (Å²) < 4.78 is 0. The van der Waals surface area contributed by atoms with Crippen LogP contribution in [-0.2, 0) is 6.42 Å². The molecule has 0 N–H and O–H groups in total. The maximum Gasteiger partial charge on any atom is 0.0149 e. The van der Waals surface area contributed by atoms with Crippen LogP contribution >= 0.6 is 0 Å². The molecule has 0 fully saturated rings. The van der Waals surface area contributed by atoms with Crippen LogP contribution in [0.25, 0.3) is 44.2 Å². The van der Waals surface area contributed by atoms with Crippen LogP contribution < -0.4 is 0 Å². The Morgan fingerprint density at radius 2 is 1.13 bits per heavy atom. The van der Waals surface area contributed by atoms with Crippen molar-refractivity contribution < 1.29 is 0 Å². The summed E-state index contributed by atoms with van der Waals surface area (Å²) in [4.78, 5) is 0. The molecule has 140 valence electrons. The van der Waals surface area contributed by atoms with Crippen LogP contribution in [0.15, 0.2) is 103 Å². The number of fused-ring (bicyclic) bond motifs is 7. The molecule has 0 saturated heterocycles. The van der Waals surface area contributed by atoms with E-state index in [0.717, 1.165) is 6.42 Å². The first-order valence-electron chi connectivity index (χ1n) is 10.7. The van der Waals surface area contributed by atoms with Crippen LogP contribution in [0.2, 0.25) is 0 Å². The topological polar surface area (TPSA) is 0 Å². The molecule has 0 nitrogen and oxygen atoms in total. The monoisotopic (exact) mass is 380 g/mol. The van der Waals surface area contributed by atoms with E-state index >= 15 is 0 Å². The molecular weight excluding hydrogens is 360 g/mol. The first-order valence-corrected chi connectivity index (χ1v) is 10.7. The van der Waals surface area contributed by atoms with Crippen molar-refractivity contribution in [1.82, 2.24) is 0 Å². The van der Waals surface area contributed by atoms with E-state index in [9.17, 15) is 0 Å². The van der Waals surface area contributed by atoms with E-state index in [0.29, 0.717) is 5.92 Å². The molecule has 0 aliphatic heterocycles. The Balaban J connectivity index is 1.75. The van der Waals surface area contributed by atoms with Gasteiger partial charge in [0.2, 0.25) is 0 Å². The van der Waals surface area contributed by atoms with Crippen molar-refractivity contribution in [3.05, 3.63) is 120 Å². The molecule has 1 atom stereocenters. The van der Waals surface area contributed by atoms with Gasteiger partial charge in [0.25, 0.3) is 0 Å². The molecule has 1 unspecified atom stereocenters. The van der Waals surface area contributed by atoms with Gasteiger partial charge in [-0.15, -0.1) is 0 Å². The highest BCUT2D eigenvalue weighted by Crippen LogP contribution is 2.59. The van der Waals surface area contributed by atoms with Gasteiger partial charge in [-0.2, -0.15) is 0 Å². The molecule has 0 radical (unpaired) electrons. The summed E-state index contributed by atoms with van der Waals surface area (Å²) >= 11 is 0. The van der Waals surface area contributed by atoms with Crippen molar-refractivity contribution in [3.8, 4) is 33.4 Å². The van der Waals surface area contributed by atoms with Crippen molar-refractivity contribution in [2.75, 3.05) is 0 Å². The lowest BCUT2D eigenvalue weighted by Crippen LogP contribution is -2.11. The van der Waals surface area contributed by atoms with Crippen LogP contribution in [0.1, 0.15) is 22.6 Å². The lowest BCUT2D eigenvalue weighted by atomic mass is 9.74. The van der Waals surface area contributed by atoms with Gasteiger partial charge < -0.3 is 0 Å². The van der Waals surface area contributed by atoms with Gasteiger partial charge in [-0.05, 0) is 67.3 Å². The molecule has 2 aliphatic rings. The van der Waals surface area contributed by atoms with E-state index in [1.165, 1.54) is 60.8 Å². The van der Waals surface area contributed by atoms with Crippen LogP contribution in [0.3, 0.4) is 0 Å². The summed E-state index contributed by atoms with van der Waals surface area (Å²) in [5, 5.41) is 2.73. The third-order valence-electron chi connectivity index (χ3n) is 6.98. The smallest absolute Gasteiger partial charge is 0.0149 e. The van der Waals surface area contributed by atoms with E-state index in [-0.39, 0.29) is 0 Å². The first kappa shape index (κ1) is 16.2. The van der Waals surface area contributed by atoms with Gasteiger partial charge in [-0.25, -0.2) is 0 Å². The summed E-state index contributed by atoms with van der Waals surface area (Å²) in [5.74, 6) is 0.438. The van der Waals surface area contributed by atoms with Gasteiger partial charge in [0, 0.05) is 5.92 Å². The summed E-state index contributed by atoms with van der Waals surface area (Å²) in [6.45, 7) is 0. The Kier molecular flexibility index (Phi) is 3.20. The standard InChI is InChI=1S/C30H20/c1-2-10-19(11-3-1)27-24-16-8-9-17-25(24)28-23-15-7-6-14-22(23)26-18-20-12-4-5-13-21(20)29(27)30(26)28/h1-17,26H,18H2. The normalized spacial score (nSPS) is 15.5. The molecule has 0 heteroatoms. The van der Waals surface area contributed by atoms with E-state index in [1.54, 1.807) is 0 Å². The molecule has 0 spiro atoms. The SMILES string of the molecule is c1ccc(-c2c3c4c(c5ccccc25)-c2ccccc2C4Cc2ccccc2-3)cc1. The Hall–Kier alpha value is -3.64. The summed E-state index contributed by atoms with van der Waals surface area (Å²) in [7, 11) is 0. The number of rotatable bonds is 1. The molecule has 0 heterocycles. The fraction of sp³-hybridized carbons (Fsp3) is 0.0667. The average Bonchev–Trinajstić information content (AvgIpc) is 3.15. The molecule has 5 aromatic rings. The van der Waals surface area contributed by atoms with Gasteiger partial charge in [-0.1, -0.05) is 103 Å². The third kappa shape index (κ3) is 2.01. The van der Waals surface area contributed by atoms with Gasteiger partial charge in [0.15, 0.2) is 0 Å². The third-order valence-corrected chi connectivity index (χ3v) is 6.98. The van der Waals surface area contributed by atoms with Crippen molar-refractivity contribution in [2.45, 2.75) is 12.3 Å². The zero-order chi connectivity index (χ0) is 19.7. The van der Waals surface area contributed by atoms with Crippen molar-refractivity contribution in [1.29, 1.82) is 0 Å². The van der Waals surface area contributed by atoms with Gasteiger partial charge >= 0.3 is 0 Å². The van der Waals surface area contributed by atoms with Crippen molar-refractivity contribution >= 4 is 10.8 Å². The van der Waals surface area contributed by atoms with Crippen molar-refractivity contribution in [3.63, 3.8) is 0 Å². The molecule has 30 heavy (non-hydrogen) atoms. The quantitative estimate of drug-likeness (QED) is 0.278. The van der Waals surface area contributed by atoms with E-state index in [4.69, 9.17) is 0 Å². The Labute approximate surface area is 176 Å². The minimum absolute atomic E-state index is 0.438. The van der Waals surface area contributed by atoms with E-state index < -0.39 is 0 Å². The molecular formula is C30H20. The fourth-order valence-electron chi connectivity index (χ4n) is 5.84. The second-order valence-corrected chi connectivity index (χ2v) is 8.45. The van der Waals surface area contributed by atoms with Gasteiger partial charge in [-0.3, -0.25) is 0 Å². The Morgan fingerprint density at radius 1 is 0.500 bits per heavy atom. The molecule has 0 amide bonds. The van der Waals surface area contributed by atoms with Crippen LogP contribution in [0.5, 0.6) is 0 Å². The zero-order valence-electron chi connectivity index (χ0n) is 16.6. The van der Waals surface area contributed by atoms with E-state index in [1.807, 2.05) is 0 Å². The van der Waals surface area contributed by atoms with Crippen LogP contribution in [-0.4, -0.2) is 0 Å².